The Kier molecular flexibility index (Phi) is 10.4. The van der Waals surface area contributed by atoms with Crippen LogP contribution in [-0.4, -0.2) is 64.2 Å². The van der Waals surface area contributed by atoms with Crippen molar-refractivity contribution in [1.29, 1.82) is 0 Å². The second kappa shape index (κ2) is 13.0. The van der Waals surface area contributed by atoms with Gasteiger partial charge in [-0.2, -0.15) is 47.0 Å². The first-order valence-corrected chi connectivity index (χ1v) is 15.0. The van der Waals surface area contributed by atoms with Crippen LogP contribution in [0.2, 0.25) is 0 Å². The van der Waals surface area contributed by atoms with Crippen molar-refractivity contribution in [1.82, 2.24) is 0 Å². The van der Waals surface area contributed by atoms with Gasteiger partial charge in [0.1, 0.15) is 18.0 Å². The van der Waals surface area contributed by atoms with Gasteiger partial charge in [0, 0.05) is 51.6 Å². The minimum Gasteiger partial charge on any atom is -0.488 e. The van der Waals surface area contributed by atoms with Crippen molar-refractivity contribution in [2.75, 3.05) is 46.0 Å². The molecule has 2 fully saturated rings. The van der Waals surface area contributed by atoms with E-state index in [0.717, 1.165) is 57.3 Å². The van der Waals surface area contributed by atoms with Crippen LogP contribution in [0.1, 0.15) is 22.8 Å². The zero-order chi connectivity index (χ0) is 22.1. The smallest absolute Gasteiger partial charge is 0.338 e. The van der Waals surface area contributed by atoms with Crippen LogP contribution in [0.5, 0.6) is 0 Å². The molecule has 3 nitrogen and oxygen atoms in total. The molecule has 168 valence electrons. The van der Waals surface area contributed by atoms with E-state index in [2.05, 4.69) is 13.2 Å². The third-order valence-corrected chi connectivity index (χ3v) is 9.55. The van der Waals surface area contributed by atoms with Gasteiger partial charge in [0.05, 0.1) is 5.56 Å². The minimum absolute atomic E-state index is 0.0601. The summed E-state index contributed by atoms with van der Waals surface area (Å²) < 4.78 is 12.1. The molecule has 31 heavy (non-hydrogen) atoms. The van der Waals surface area contributed by atoms with Gasteiger partial charge < -0.3 is 9.47 Å². The molecule has 3 rings (SSSR count). The summed E-state index contributed by atoms with van der Waals surface area (Å²) in [6.07, 6.45) is 2.11. The van der Waals surface area contributed by atoms with E-state index in [1.165, 1.54) is 11.1 Å². The summed E-state index contributed by atoms with van der Waals surface area (Å²) in [6, 6.07) is 7.56. The summed E-state index contributed by atoms with van der Waals surface area (Å²) in [4.78, 5) is 12.6. The Morgan fingerprint density at radius 3 is 1.68 bits per heavy atom. The van der Waals surface area contributed by atoms with Crippen molar-refractivity contribution >= 4 is 58.8 Å². The van der Waals surface area contributed by atoms with Gasteiger partial charge in [-0.05, 0) is 25.1 Å². The monoisotopic (exact) mass is 494 g/mol. The highest BCUT2D eigenvalue weighted by Gasteiger charge is 2.20. The Morgan fingerprint density at radius 1 is 0.806 bits per heavy atom. The predicted molar refractivity (Wildman–Crippen MR) is 142 cm³/mol. The van der Waals surface area contributed by atoms with Gasteiger partial charge in [0.2, 0.25) is 0 Å². The van der Waals surface area contributed by atoms with E-state index in [0.29, 0.717) is 5.56 Å². The highest BCUT2D eigenvalue weighted by molar-refractivity contribution is 8.01. The van der Waals surface area contributed by atoms with Crippen LogP contribution in [0, 0.1) is 0 Å². The molecule has 0 aromatic heterocycles. The van der Waals surface area contributed by atoms with E-state index in [4.69, 9.17) is 9.47 Å². The Labute approximate surface area is 203 Å². The van der Waals surface area contributed by atoms with Crippen LogP contribution in [-0.2, 0) is 9.47 Å². The second-order valence-electron chi connectivity index (χ2n) is 7.56. The van der Waals surface area contributed by atoms with Crippen molar-refractivity contribution in [3.8, 4) is 0 Å². The lowest BCUT2D eigenvalue weighted by Crippen LogP contribution is -2.25. The van der Waals surface area contributed by atoms with E-state index < -0.39 is 0 Å². The van der Waals surface area contributed by atoms with E-state index in [1.54, 1.807) is 23.5 Å². The Bertz CT molecular complexity index is 780. The molecule has 0 unspecified atom stereocenters. The largest absolute Gasteiger partial charge is 0.488 e. The van der Waals surface area contributed by atoms with Crippen molar-refractivity contribution in [2.24, 2.45) is 0 Å². The van der Waals surface area contributed by atoms with Gasteiger partial charge in [0.25, 0.3) is 0 Å². The molecule has 0 bridgehead atoms. The van der Waals surface area contributed by atoms with Gasteiger partial charge in [0.15, 0.2) is 0 Å². The molecule has 0 radical (unpaired) electrons. The number of ether oxygens (including phenoxy) is 2. The van der Waals surface area contributed by atoms with Gasteiger partial charge in [-0.25, -0.2) is 4.79 Å². The molecule has 1 aromatic carbocycles. The van der Waals surface area contributed by atoms with E-state index in [9.17, 15) is 4.79 Å². The normalized spacial score (nSPS) is 20.4. The Hall–Kier alpha value is -0.890. The number of allylic oxidation sites excluding steroid dienone is 1. The predicted octanol–water partition coefficient (Wildman–Crippen LogP) is 6.03. The third kappa shape index (κ3) is 8.19. The molecular weight excluding hydrogens is 465 g/mol. The van der Waals surface area contributed by atoms with Crippen LogP contribution in [0.25, 0.3) is 5.76 Å². The maximum atomic E-state index is 12.6. The number of hydrogen-bond acceptors (Lipinski definition) is 7. The standard InChI is InChI=1S/C24H30O3S4/c1-4-23(26-21-13-28-9-17(2)10-29-14-21)19-5-7-20(8-6-19)24(25)27-22-15-30-11-18(3)12-31-16-22/h4-8,21-22H,2-3,9-16H2,1H3/b23-4+. The van der Waals surface area contributed by atoms with Crippen LogP contribution in [0.15, 0.2) is 54.6 Å². The van der Waals surface area contributed by atoms with E-state index in [-0.39, 0.29) is 18.2 Å². The quantitative estimate of drug-likeness (QED) is 0.281. The molecule has 2 aliphatic heterocycles. The Morgan fingerprint density at radius 2 is 1.23 bits per heavy atom. The molecule has 7 heteroatoms. The highest BCUT2D eigenvalue weighted by atomic mass is 32.2. The summed E-state index contributed by atoms with van der Waals surface area (Å²) in [6.45, 7) is 10.1. The zero-order valence-electron chi connectivity index (χ0n) is 18.0. The third-order valence-electron chi connectivity index (χ3n) is 4.67. The van der Waals surface area contributed by atoms with Crippen molar-refractivity contribution in [3.63, 3.8) is 0 Å². The molecule has 1 aromatic rings. The summed E-state index contributed by atoms with van der Waals surface area (Å²) >= 11 is 7.35. The first-order valence-electron chi connectivity index (χ1n) is 10.3. The molecule has 0 aliphatic carbocycles. The van der Waals surface area contributed by atoms with Crippen LogP contribution in [0.4, 0.5) is 0 Å². The van der Waals surface area contributed by atoms with E-state index >= 15 is 0 Å². The topological polar surface area (TPSA) is 35.5 Å². The molecule has 0 amide bonds. The summed E-state index contributed by atoms with van der Waals surface area (Å²) in [5.41, 5.74) is 4.11. The fourth-order valence-electron chi connectivity index (χ4n) is 3.13. The molecule has 0 spiro atoms. The molecule has 0 N–H and O–H groups in total. The van der Waals surface area contributed by atoms with Gasteiger partial charge in [-0.1, -0.05) is 36.4 Å². The lowest BCUT2D eigenvalue weighted by atomic mass is 10.1. The lowest BCUT2D eigenvalue weighted by Gasteiger charge is -2.23. The molecule has 2 aliphatic rings. The lowest BCUT2D eigenvalue weighted by molar-refractivity contribution is 0.0394. The number of carbonyl (C=O) groups is 1. The van der Waals surface area contributed by atoms with Gasteiger partial charge in [-0.15, -0.1) is 0 Å². The number of hydrogen-bond donors (Lipinski definition) is 0. The number of carbonyl (C=O) groups excluding carboxylic acids is 1. The minimum atomic E-state index is -0.256. The molecule has 2 saturated heterocycles. The SMILES string of the molecule is C=C1CSCC(OC(=O)c2ccc(/C(=C\C)OC3CSCC(=C)CSC3)cc2)CSC1. The zero-order valence-corrected chi connectivity index (χ0v) is 21.2. The molecule has 0 saturated carbocycles. The van der Waals surface area contributed by atoms with Crippen LogP contribution >= 0.6 is 47.0 Å². The number of esters is 1. The summed E-state index contributed by atoms with van der Waals surface area (Å²) in [5.74, 6) is 8.03. The summed E-state index contributed by atoms with van der Waals surface area (Å²) in [7, 11) is 0. The van der Waals surface area contributed by atoms with Gasteiger partial charge in [-0.3, -0.25) is 0 Å². The van der Waals surface area contributed by atoms with Crippen molar-refractivity contribution < 1.29 is 14.3 Å². The highest BCUT2D eigenvalue weighted by Crippen LogP contribution is 2.26. The average Bonchev–Trinajstić information content (AvgIpc) is 2.73. The van der Waals surface area contributed by atoms with Crippen LogP contribution < -0.4 is 0 Å². The van der Waals surface area contributed by atoms with Crippen molar-refractivity contribution in [2.45, 2.75) is 19.1 Å². The molecule has 2 heterocycles. The van der Waals surface area contributed by atoms with Crippen molar-refractivity contribution in [3.05, 3.63) is 65.8 Å². The number of thioether (sulfide) groups is 4. The first-order chi connectivity index (χ1) is 15.0. The number of rotatable bonds is 5. The van der Waals surface area contributed by atoms with E-state index in [1.807, 2.05) is 60.8 Å². The number of benzene rings is 1. The first kappa shape index (κ1) is 24.7. The maximum Gasteiger partial charge on any atom is 0.338 e. The Balaban J connectivity index is 1.55. The fraction of sp³-hybridized carbons (Fsp3) is 0.458. The van der Waals surface area contributed by atoms with Crippen LogP contribution in [0.3, 0.4) is 0 Å². The fourth-order valence-corrected chi connectivity index (χ4v) is 7.51. The summed E-state index contributed by atoms with van der Waals surface area (Å²) in [5, 5.41) is 0. The maximum absolute atomic E-state index is 12.6. The van der Waals surface area contributed by atoms with Gasteiger partial charge >= 0.3 is 5.97 Å². The average molecular weight is 495 g/mol. The molecular formula is C24H30O3S4. The molecule has 0 atom stereocenters. The second-order valence-corrected chi connectivity index (χ2v) is 11.7.